The van der Waals surface area contributed by atoms with Gasteiger partial charge in [-0.2, -0.15) is 0 Å². The van der Waals surface area contributed by atoms with Gasteiger partial charge in [-0.3, -0.25) is 4.90 Å². The van der Waals surface area contributed by atoms with Gasteiger partial charge in [0.2, 0.25) is 0 Å². The lowest BCUT2D eigenvalue weighted by atomic mass is 10.2. The van der Waals surface area contributed by atoms with Crippen molar-refractivity contribution >= 4 is 11.5 Å². The number of ether oxygens (including phenoxy) is 1. The number of likely N-dealkylation sites (N-methyl/N-ethyl adjacent to an activating group) is 1. The summed E-state index contributed by atoms with van der Waals surface area (Å²) in [5, 5.41) is 3.24. The van der Waals surface area contributed by atoms with E-state index in [0.717, 1.165) is 38.6 Å². The monoisotopic (exact) mass is 236 g/mol. The maximum atomic E-state index is 5.81. The first-order valence-corrected chi connectivity index (χ1v) is 6.08. The maximum Gasteiger partial charge on any atom is 0.149 e. The minimum Gasteiger partial charge on any atom is -0.396 e. The second-order valence-corrected chi connectivity index (χ2v) is 4.21. The zero-order chi connectivity index (χ0) is 12.1. The fourth-order valence-electron chi connectivity index (χ4n) is 1.97. The molecule has 1 aliphatic rings. The van der Waals surface area contributed by atoms with Gasteiger partial charge in [-0.15, -0.1) is 0 Å². The van der Waals surface area contributed by atoms with Crippen LogP contribution in [0.4, 0.5) is 11.5 Å². The van der Waals surface area contributed by atoms with Gasteiger partial charge in [-0.1, -0.05) is 6.92 Å². The summed E-state index contributed by atoms with van der Waals surface area (Å²) in [7, 11) is 0. The molecule has 0 amide bonds. The minimum atomic E-state index is 0.213. The highest BCUT2D eigenvalue weighted by Gasteiger charge is 2.19. The van der Waals surface area contributed by atoms with E-state index < -0.39 is 0 Å². The molecule has 1 atom stereocenters. The van der Waals surface area contributed by atoms with Crippen LogP contribution in [0.25, 0.3) is 0 Å². The highest BCUT2D eigenvalue weighted by molar-refractivity contribution is 5.60. The molecule has 3 N–H and O–H groups in total. The van der Waals surface area contributed by atoms with E-state index in [1.165, 1.54) is 0 Å². The van der Waals surface area contributed by atoms with Crippen LogP contribution in [0, 0.1) is 0 Å². The van der Waals surface area contributed by atoms with Crippen LogP contribution >= 0.6 is 0 Å². The molecule has 1 aromatic rings. The molecule has 0 saturated carbocycles. The second kappa shape index (κ2) is 5.84. The first kappa shape index (κ1) is 12.1. The number of pyridine rings is 1. The van der Waals surface area contributed by atoms with Gasteiger partial charge >= 0.3 is 0 Å². The van der Waals surface area contributed by atoms with Crippen molar-refractivity contribution in [3.05, 3.63) is 18.3 Å². The molecule has 5 heteroatoms. The Morgan fingerprint density at radius 2 is 2.53 bits per heavy atom. The van der Waals surface area contributed by atoms with Crippen molar-refractivity contribution in [3.8, 4) is 0 Å². The Balaban J connectivity index is 1.84. The van der Waals surface area contributed by atoms with Gasteiger partial charge in [-0.25, -0.2) is 4.98 Å². The lowest BCUT2D eigenvalue weighted by Gasteiger charge is -2.32. The van der Waals surface area contributed by atoms with E-state index in [1.807, 2.05) is 12.1 Å². The van der Waals surface area contributed by atoms with E-state index in [0.29, 0.717) is 5.69 Å². The van der Waals surface area contributed by atoms with Crippen molar-refractivity contribution in [2.45, 2.75) is 13.0 Å². The molecule has 0 spiro atoms. The molecule has 17 heavy (non-hydrogen) atoms. The third-order valence-electron chi connectivity index (χ3n) is 3.01. The van der Waals surface area contributed by atoms with E-state index >= 15 is 0 Å². The van der Waals surface area contributed by atoms with Gasteiger partial charge in [0.05, 0.1) is 18.4 Å². The predicted octanol–water partition coefficient (Wildman–Crippen LogP) is 0.796. The van der Waals surface area contributed by atoms with Crippen molar-refractivity contribution in [2.75, 3.05) is 43.8 Å². The zero-order valence-corrected chi connectivity index (χ0v) is 10.2. The smallest absolute Gasteiger partial charge is 0.149 e. The van der Waals surface area contributed by atoms with Crippen LogP contribution in [0.1, 0.15) is 6.92 Å². The van der Waals surface area contributed by atoms with Crippen LogP contribution in [0.2, 0.25) is 0 Å². The van der Waals surface area contributed by atoms with Gasteiger partial charge in [0.15, 0.2) is 0 Å². The number of anilines is 2. The number of morpholine rings is 1. The molecule has 0 radical (unpaired) electrons. The van der Waals surface area contributed by atoms with E-state index in [2.05, 4.69) is 22.1 Å². The van der Waals surface area contributed by atoms with Crippen molar-refractivity contribution in [1.82, 2.24) is 9.88 Å². The Morgan fingerprint density at radius 3 is 3.29 bits per heavy atom. The number of nitrogens with two attached hydrogens (primary N) is 1. The fourth-order valence-corrected chi connectivity index (χ4v) is 1.97. The summed E-state index contributed by atoms with van der Waals surface area (Å²) < 4.78 is 5.70. The average Bonchev–Trinajstić information content (AvgIpc) is 2.38. The van der Waals surface area contributed by atoms with Gasteiger partial charge in [-0.05, 0) is 18.7 Å². The fraction of sp³-hybridized carbons (Fsp3) is 0.583. The SMILES string of the molecule is CCN1CCOC(CNc2ncccc2N)C1. The summed E-state index contributed by atoms with van der Waals surface area (Å²) in [4.78, 5) is 6.58. The van der Waals surface area contributed by atoms with E-state index in [4.69, 9.17) is 10.5 Å². The molecular formula is C12H20N4O. The number of aromatic nitrogens is 1. The van der Waals surface area contributed by atoms with Crippen LogP contribution in [-0.4, -0.2) is 48.8 Å². The summed E-state index contributed by atoms with van der Waals surface area (Å²) >= 11 is 0. The van der Waals surface area contributed by atoms with Crippen molar-refractivity contribution in [3.63, 3.8) is 0 Å². The first-order valence-electron chi connectivity index (χ1n) is 6.08. The number of nitrogens with one attached hydrogen (secondary N) is 1. The summed E-state index contributed by atoms with van der Waals surface area (Å²) in [5.74, 6) is 0.740. The van der Waals surface area contributed by atoms with E-state index in [-0.39, 0.29) is 6.10 Å². The van der Waals surface area contributed by atoms with Crippen LogP contribution in [0.5, 0.6) is 0 Å². The molecule has 0 bridgehead atoms. The lowest BCUT2D eigenvalue weighted by Crippen LogP contribution is -2.45. The number of nitrogens with zero attached hydrogens (tertiary/aromatic N) is 2. The van der Waals surface area contributed by atoms with Crippen molar-refractivity contribution in [2.24, 2.45) is 0 Å². The van der Waals surface area contributed by atoms with Crippen LogP contribution < -0.4 is 11.1 Å². The van der Waals surface area contributed by atoms with Gasteiger partial charge < -0.3 is 15.8 Å². The molecule has 1 fully saturated rings. The van der Waals surface area contributed by atoms with Gasteiger partial charge in [0.25, 0.3) is 0 Å². The van der Waals surface area contributed by atoms with Crippen LogP contribution in [-0.2, 0) is 4.74 Å². The largest absolute Gasteiger partial charge is 0.396 e. The minimum absolute atomic E-state index is 0.213. The molecule has 2 rings (SSSR count). The zero-order valence-electron chi connectivity index (χ0n) is 10.2. The third-order valence-corrected chi connectivity index (χ3v) is 3.01. The van der Waals surface area contributed by atoms with Crippen molar-refractivity contribution in [1.29, 1.82) is 0 Å². The lowest BCUT2D eigenvalue weighted by molar-refractivity contribution is -0.0192. The van der Waals surface area contributed by atoms with E-state index in [9.17, 15) is 0 Å². The highest BCUT2D eigenvalue weighted by Crippen LogP contribution is 2.13. The molecule has 1 aromatic heterocycles. The summed E-state index contributed by atoms with van der Waals surface area (Å²) in [5.41, 5.74) is 6.49. The molecule has 0 aliphatic carbocycles. The third kappa shape index (κ3) is 3.31. The molecule has 2 heterocycles. The Hall–Kier alpha value is -1.33. The Morgan fingerprint density at radius 1 is 1.65 bits per heavy atom. The van der Waals surface area contributed by atoms with E-state index in [1.54, 1.807) is 6.20 Å². The topological polar surface area (TPSA) is 63.4 Å². The summed E-state index contributed by atoms with van der Waals surface area (Å²) in [6, 6.07) is 3.67. The standard InChI is InChI=1S/C12H20N4O/c1-2-16-6-7-17-10(9-16)8-15-12-11(13)4-3-5-14-12/h3-5,10H,2,6-9,13H2,1H3,(H,14,15). The van der Waals surface area contributed by atoms with Crippen LogP contribution in [0.3, 0.4) is 0 Å². The number of rotatable bonds is 4. The summed E-state index contributed by atoms with van der Waals surface area (Å²) in [6.07, 6.45) is 1.95. The molecule has 94 valence electrons. The maximum absolute atomic E-state index is 5.81. The Kier molecular flexibility index (Phi) is 4.17. The molecule has 1 unspecified atom stereocenters. The quantitative estimate of drug-likeness (QED) is 0.809. The normalized spacial score (nSPS) is 21.4. The predicted molar refractivity (Wildman–Crippen MR) is 69.0 cm³/mol. The first-order chi connectivity index (χ1) is 8.29. The van der Waals surface area contributed by atoms with Gasteiger partial charge in [0, 0.05) is 25.8 Å². The van der Waals surface area contributed by atoms with Crippen LogP contribution in [0.15, 0.2) is 18.3 Å². The number of hydrogen-bond donors (Lipinski definition) is 2. The molecule has 1 saturated heterocycles. The number of hydrogen-bond acceptors (Lipinski definition) is 5. The summed E-state index contributed by atoms with van der Waals surface area (Å²) in [6.45, 7) is 6.79. The highest BCUT2D eigenvalue weighted by atomic mass is 16.5. The second-order valence-electron chi connectivity index (χ2n) is 4.21. The van der Waals surface area contributed by atoms with Crippen molar-refractivity contribution < 1.29 is 4.74 Å². The molecule has 1 aliphatic heterocycles. The molecule has 5 nitrogen and oxygen atoms in total. The Labute approximate surface area is 102 Å². The molecular weight excluding hydrogens is 216 g/mol. The number of nitrogen functional groups attached to an aromatic ring is 1. The average molecular weight is 236 g/mol. The molecule has 0 aromatic carbocycles. The Bertz CT molecular complexity index is 358. The van der Waals surface area contributed by atoms with Gasteiger partial charge in [0.1, 0.15) is 5.82 Å².